The van der Waals surface area contributed by atoms with Crippen molar-refractivity contribution in [3.63, 3.8) is 0 Å². The van der Waals surface area contributed by atoms with Crippen LogP contribution in [0.3, 0.4) is 0 Å². The fourth-order valence-corrected chi connectivity index (χ4v) is 4.21. The molecular weight excluding hydrogens is 302 g/mol. The molecule has 0 atom stereocenters. The van der Waals surface area contributed by atoms with E-state index in [1.165, 1.54) is 39.0 Å². The predicted molar refractivity (Wildman–Crippen MR) is 106 cm³/mol. The highest BCUT2D eigenvalue weighted by Crippen LogP contribution is 2.41. The van der Waals surface area contributed by atoms with Gasteiger partial charge in [-0.05, 0) is 55.0 Å². The smallest absolute Gasteiger partial charge is 0.0575 e. The molecular formula is C24H21N. The van der Waals surface area contributed by atoms with Crippen LogP contribution in [-0.4, -0.2) is 4.57 Å². The molecule has 0 bridgehead atoms. The highest BCUT2D eigenvalue weighted by Gasteiger charge is 2.25. The van der Waals surface area contributed by atoms with E-state index < -0.39 is 0 Å². The standard InChI is InChI=1S/C24H21N/c1-2-7-13-20-18(10-4-1)16-17-22-21-14-8-9-15-23(21)25(24(20)22)19-11-5-3-6-12-19/h3-15H,1-2,16-17H2/b10-4?,13-7+. The topological polar surface area (TPSA) is 4.93 Å². The van der Waals surface area contributed by atoms with Gasteiger partial charge in [-0.15, -0.1) is 0 Å². The van der Waals surface area contributed by atoms with Crippen LogP contribution in [0.5, 0.6) is 0 Å². The van der Waals surface area contributed by atoms with E-state index in [-0.39, 0.29) is 0 Å². The predicted octanol–water partition coefficient (Wildman–Crippen LogP) is 6.24. The molecule has 0 saturated carbocycles. The molecule has 122 valence electrons. The molecule has 2 aliphatic rings. The van der Waals surface area contributed by atoms with E-state index in [1.54, 1.807) is 0 Å². The summed E-state index contributed by atoms with van der Waals surface area (Å²) in [6.45, 7) is 0. The minimum atomic E-state index is 1.12. The normalized spacial score (nSPS) is 17.8. The lowest BCUT2D eigenvalue weighted by molar-refractivity contribution is 0.920. The van der Waals surface area contributed by atoms with Crippen LogP contribution in [0.25, 0.3) is 22.2 Å². The van der Waals surface area contributed by atoms with Gasteiger partial charge in [0.05, 0.1) is 11.2 Å². The van der Waals surface area contributed by atoms with Crippen molar-refractivity contribution in [2.24, 2.45) is 0 Å². The van der Waals surface area contributed by atoms with Crippen LogP contribution < -0.4 is 0 Å². The summed E-state index contributed by atoms with van der Waals surface area (Å²) in [5, 5.41) is 1.40. The van der Waals surface area contributed by atoms with Crippen LogP contribution in [0.1, 0.15) is 30.5 Å². The molecule has 3 aromatic rings. The first-order valence-electron chi connectivity index (χ1n) is 9.18. The molecule has 1 aromatic heterocycles. The van der Waals surface area contributed by atoms with E-state index in [9.17, 15) is 0 Å². The molecule has 0 aliphatic heterocycles. The number of aromatic nitrogens is 1. The Morgan fingerprint density at radius 2 is 1.48 bits per heavy atom. The first kappa shape index (κ1) is 14.5. The SMILES string of the molecule is C1=CC2=C(/C=C/CC1)c1c(c3ccccc3n1-c1ccccc1)CC2. The molecule has 2 aromatic carbocycles. The molecule has 0 radical (unpaired) electrons. The Balaban J connectivity index is 1.89. The second kappa shape index (κ2) is 5.93. The van der Waals surface area contributed by atoms with E-state index in [4.69, 9.17) is 0 Å². The molecule has 25 heavy (non-hydrogen) atoms. The lowest BCUT2D eigenvalue weighted by Gasteiger charge is -2.21. The molecule has 2 aliphatic carbocycles. The van der Waals surface area contributed by atoms with Crippen LogP contribution in [0.4, 0.5) is 0 Å². The third kappa shape index (κ3) is 2.31. The number of hydrogen-bond donors (Lipinski definition) is 0. The number of fused-ring (bicyclic) bond motifs is 4. The molecule has 0 N–H and O–H groups in total. The lowest BCUT2D eigenvalue weighted by atomic mass is 9.87. The molecule has 5 rings (SSSR count). The van der Waals surface area contributed by atoms with E-state index in [0.29, 0.717) is 0 Å². The van der Waals surface area contributed by atoms with Gasteiger partial charge < -0.3 is 4.57 Å². The maximum Gasteiger partial charge on any atom is 0.0575 e. The van der Waals surface area contributed by atoms with E-state index in [0.717, 1.165) is 25.7 Å². The maximum absolute atomic E-state index is 2.46. The molecule has 0 fully saturated rings. The molecule has 1 heteroatoms. The Labute approximate surface area is 148 Å². The van der Waals surface area contributed by atoms with Crippen molar-refractivity contribution in [2.75, 3.05) is 0 Å². The lowest BCUT2D eigenvalue weighted by Crippen LogP contribution is -2.07. The summed E-state index contributed by atoms with van der Waals surface area (Å²) in [6.07, 6.45) is 13.9. The molecule has 0 amide bonds. The van der Waals surface area contributed by atoms with Crippen molar-refractivity contribution in [1.29, 1.82) is 0 Å². The number of nitrogens with zero attached hydrogens (tertiary/aromatic N) is 1. The number of hydrogen-bond acceptors (Lipinski definition) is 0. The first-order valence-corrected chi connectivity index (χ1v) is 9.18. The second-order valence-electron chi connectivity index (χ2n) is 6.84. The third-order valence-corrected chi connectivity index (χ3v) is 5.34. The van der Waals surface area contributed by atoms with Crippen molar-refractivity contribution in [3.8, 4) is 5.69 Å². The number of allylic oxidation sites excluding steroid dienone is 6. The van der Waals surface area contributed by atoms with E-state index in [1.807, 2.05) is 0 Å². The molecule has 0 unspecified atom stereocenters. The van der Waals surface area contributed by atoms with Crippen molar-refractivity contribution in [2.45, 2.75) is 25.7 Å². The Morgan fingerprint density at radius 1 is 0.720 bits per heavy atom. The van der Waals surface area contributed by atoms with Crippen molar-refractivity contribution in [3.05, 3.63) is 95.7 Å². The summed E-state index contributed by atoms with van der Waals surface area (Å²) in [7, 11) is 0. The van der Waals surface area contributed by atoms with Gasteiger partial charge in [0.2, 0.25) is 0 Å². The Bertz CT molecular complexity index is 1030. The average molecular weight is 323 g/mol. The quantitative estimate of drug-likeness (QED) is 0.500. The summed E-state index contributed by atoms with van der Waals surface area (Å²) >= 11 is 0. The van der Waals surface area contributed by atoms with Gasteiger partial charge in [-0.2, -0.15) is 0 Å². The van der Waals surface area contributed by atoms with Crippen LogP contribution in [0.15, 0.2) is 84.5 Å². The van der Waals surface area contributed by atoms with Crippen molar-refractivity contribution in [1.82, 2.24) is 4.57 Å². The average Bonchev–Trinajstić information content (AvgIpc) is 2.97. The number of para-hydroxylation sites is 2. The summed E-state index contributed by atoms with van der Waals surface area (Å²) in [4.78, 5) is 0. The van der Waals surface area contributed by atoms with Gasteiger partial charge in [0.1, 0.15) is 0 Å². The van der Waals surface area contributed by atoms with E-state index in [2.05, 4.69) is 83.5 Å². The fraction of sp³-hybridized carbons (Fsp3) is 0.167. The molecule has 0 saturated heterocycles. The zero-order valence-electron chi connectivity index (χ0n) is 14.3. The zero-order chi connectivity index (χ0) is 16.6. The van der Waals surface area contributed by atoms with Gasteiger partial charge in [-0.3, -0.25) is 0 Å². The minimum Gasteiger partial charge on any atom is -0.309 e. The van der Waals surface area contributed by atoms with Crippen LogP contribution in [0.2, 0.25) is 0 Å². The summed E-state index contributed by atoms with van der Waals surface area (Å²) in [5.41, 5.74) is 8.31. The maximum atomic E-state index is 2.46. The van der Waals surface area contributed by atoms with E-state index >= 15 is 0 Å². The molecule has 0 spiro atoms. The minimum absolute atomic E-state index is 1.12. The van der Waals surface area contributed by atoms with Crippen LogP contribution >= 0.6 is 0 Å². The van der Waals surface area contributed by atoms with Crippen molar-refractivity contribution < 1.29 is 0 Å². The Morgan fingerprint density at radius 3 is 2.36 bits per heavy atom. The molecule has 1 nitrogen and oxygen atoms in total. The van der Waals surface area contributed by atoms with Gasteiger partial charge in [-0.1, -0.05) is 60.7 Å². The Kier molecular flexibility index (Phi) is 3.45. The monoisotopic (exact) mass is 323 g/mol. The first-order chi connectivity index (χ1) is 12.4. The molecule has 1 heterocycles. The van der Waals surface area contributed by atoms with Gasteiger partial charge in [0.15, 0.2) is 0 Å². The fourth-order valence-electron chi connectivity index (χ4n) is 4.21. The summed E-state index contributed by atoms with van der Waals surface area (Å²) in [5.74, 6) is 0. The zero-order valence-corrected chi connectivity index (χ0v) is 14.3. The summed E-state index contributed by atoms with van der Waals surface area (Å²) < 4.78 is 2.46. The van der Waals surface area contributed by atoms with Gasteiger partial charge in [0.25, 0.3) is 0 Å². The second-order valence-corrected chi connectivity index (χ2v) is 6.84. The summed E-state index contributed by atoms with van der Waals surface area (Å²) in [6, 6.07) is 19.6. The van der Waals surface area contributed by atoms with Crippen LogP contribution in [-0.2, 0) is 6.42 Å². The van der Waals surface area contributed by atoms with Crippen LogP contribution in [0, 0.1) is 0 Å². The third-order valence-electron chi connectivity index (χ3n) is 5.34. The van der Waals surface area contributed by atoms with Gasteiger partial charge in [-0.25, -0.2) is 0 Å². The van der Waals surface area contributed by atoms with Crippen molar-refractivity contribution >= 4 is 16.5 Å². The Hall–Kier alpha value is -2.80. The number of benzene rings is 2. The number of rotatable bonds is 1. The largest absolute Gasteiger partial charge is 0.309 e. The van der Waals surface area contributed by atoms with Gasteiger partial charge >= 0.3 is 0 Å². The number of aryl methyl sites for hydroxylation is 1. The highest BCUT2D eigenvalue weighted by atomic mass is 15.0. The highest BCUT2D eigenvalue weighted by molar-refractivity contribution is 5.95. The van der Waals surface area contributed by atoms with Gasteiger partial charge in [0, 0.05) is 16.6 Å².